The van der Waals surface area contributed by atoms with Crippen molar-refractivity contribution in [3.05, 3.63) is 77.1 Å². The number of aryl methyl sites for hydroxylation is 2. The molecular weight excluding hydrogens is 446 g/mol. The third kappa shape index (κ3) is 4.05. The first kappa shape index (κ1) is 22.7. The number of hydrogen-bond donors (Lipinski definition) is 1. The van der Waals surface area contributed by atoms with Crippen LogP contribution in [0.2, 0.25) is 0 Å². The van der Waals surface area contributed by atoms with Crippen LogP contribution in [-0.4, -0.2) is 46.1 Å². The molecular formula is C27H27N3O5. The molecule has 3 heterocycles. The lowest BCUT2D eigenvalue weighted by Gasteiger charge is -2.21. The van der Waals surface area contributed by atoms with Crippen molar-refractivity contribution in [2.75, 3.05) is 13.3 Å². The zero-order chi connectivity index (χ0) is 24.7. The summed E-state index contributed by atoms with van der Waals surface area (Å²) in [6.45, 7) is 5.34. The van der Waals surface area contributed by atoms with Crippen molar-refractivity contribution in [2.24, 2.45) is 0 Å². The van der Waals surface area contributed by atoms with Gasteiger partial charge in [-0.3, -0.25) is 14.5 Å². The fourth-order valence-electron chi connectivity index (χ4n) is 4.79. The molecule has 8 heteroatoms. The molecule has 3 amide bonds. The summed E-state index contributed by atoms with van der Waals surface area (Å²) in [5, 5.41) is 2.79. The van der Waals surface area contributed by atoms with E-state index in [0.29, 0.717) is 29.9 Å². The standard InChI is InChI=1S/C27H27N3O5/c1-17-13-21(18(2)30(17)20-9-10-23-24(14-20)35-16-34-23)22(31)15-29-25(32)27(3,28-26(29)33)12-11-19-7-5-4-6-8-19/h4-10,13-14H,11-12,15-16H2,1-3H3,(H,28,33). The summed E-state index contributed by atoms with van der Waals surface area (Å²) >= 11 is 0. The number of urea groups is 1. The largest absolute Gasteiger partial charge is 0.454 e. The number of imide groups is 1. The first-order valence-electron chi connectivity index (χ1n) is 11.6. The van der Waals surface area contributed by atoms with E-state index in [1.54, 1.807) is 13.0 Å². The molecule has 1 N–H and O–H groups in total. The molecule has 180 valence electrons. The van der Waals surface area contributed by atoms with Crippen molar-refractivity contribution >= 4 is 17.7 Å². The predicted octanol–water partition coefficient (Wildman–Crippen LogP) is 3.95. The second-order valence-corrected chi connectivity index (χ2v) is 9.22. The number of nitrogens with zero attached hydrogens (tertiary/aromatic N) is 2. The fraction of sp³-hybridized carbons (Fsp3) is 0.296. The van der Waals surface area contributed by atoms with E-state index >= 15 is 0 Å². The number of carbonyl (C=O) groups is 3. The fourth-order valence-corrected chi connectivity index (χ4v) is 4.79. The van der Waals surface area contributed by atoms with Crippen LogP contribution in [0.1, 0.15) is 40.7 Å². The Morgan fingerprint density at radius 1 is 1.03 bits per heavy atom. The van der Waals surface area contributed by atoms with E-state index in [1.165, 1.54) is 0 Å². The van der Waals surface area contributed by atoms with E-state index in [1.807, 2.05) is 66.9 Å². The van der Waals surface area contributed by atoms with E-state index < -0.39 is 11.6 Å². The van der Waals surface area contributed by atoms with Crippen molar-refractivity contribution in [2.45, 2.75) is 39.2 Å². The Bertz CT molecular complexity index is 1330. The molecule has 0 saturated carbocycles. The molecule has 0 aliphatic carbocycles. The zero-order valence-corrected chi connectivity index (χ0v) is 20.0. The average Bonchev–Trinajstić information content (AvgIpc) is 3.49. The average molecular weight is 474 g/mol. The van der Waals surface area contributed by atoms with Crippen LogP contribution < -0.4 is 14.8 Å². The molecule has 5 rings (SSSR count). The lowest BCUT2D eigenvalue weighted by atomic mass is 9.93. The van der Waals surface area contributed by atoms with Crippen LogP contribution in [0.15, 0.2) is 54.6 Å². The minimum atomic E-state index is -1.05. The van der Waals surface area contributed by atoms with Crippen molar-refractivity contribution < 1.29 is 23.9 Å². The number of nitrogens with one attached hydrogen (secondary N) is 1. The van der Waals surface area contributed by atoms with Crippen LogP contribution >= 0.6 is 0 Å². The van der Waals surface area contributed by atoms with Gasteiger partial charge in [-0.05, 0) is 57.4 Å². The minimum Gasteiger partial charge on any atom is -0.454 e. The third-order valence-corrected chi connectivity index (χ3v) is 6.75. The Morgan fingerprint density at radius 3 is 2.54 bits per heavy atom. The van der Waals surface area contributed by atoms with Crippen LogP contribution in [0, 0.1) is 13.8 Å². The van der Waals surface area contributed by atoms with Gasteiger partial charge in [-0.1, -0.05) is 30.3 Å². The Morgan fingerprint density at radius 2 is 1.77 bits per heavy atom. The van der Waals surface area contributed by atoms with Gasteiger partial charge in [0.05, 0.1) is 6.54 Å². The van der Waals surface area contributed by atoms with Crippen LogP contribution in [0.3, 0.4) is 0 Å². The lowest BCUT2D eigenvalue weighted by molar-refractivity contribution is -0.130. The number of benzene rings is 2. The molecule has 8 nitrogen and oxygen atoms in total. The van der Waals surface area contributed by atoms with Crippen LogP contribution in [0.5, 0.6) is 11.5 Å². The van der Waals surface area contributed by atoms with Gasteiger partial charge in [0, 0.05) is 28.7 Å². The van der Waals surface area contributed by atoms with E-state index in [-0.39, 0.29) is 25.0 Å². The van der Waals surface area contributed by atoms with Gasteiger partial charge >= 0.3 is 6.03 Å². The summed E-state index contributed by atoms with van der Waals surface area (Å²) in [5.74, 6) is 0.663. The van der Waals surface area contributed by atoms with Gasteiger partial charge in [-0.25, -0.2) is 4.79 Å². The number of aromatic nitrogens is 1. The van der Waals surface area contributed by atoms with Gasteiger partial charge in [0.15, 0.2) is 17.3 Å². The molecule has 1 fully saturated rings. The SMILES string of the molecule is Cc1cc(C(=O)CN2C(=O)NC(C)(CCc3ccccc3)C2=O)c(C)n1-c1ccc2c(c1)OCO2. The highest BCUT2D eigenvalue weighted by Crippen LogP contribution is 2.35. The van der Waals surface area contributed by atoms with Crippen LogP contribution in [0.4, 0.5) is 4.79 Å². The number of ketones is 1. The summed E-state index contributed by atoms with van der Waals surface area (Å²) in [6, 6.07) is 16.6. The molecule has 0 bridgehead atoms. The van der Waals surface area contributed by atoms with Crippen molar-refractivity contribution in [3.63, 3.8) is 0 Å². The maximum absolute atomic E-state index is 13.3. The highest BCUT2D eigenvalue weighted by atomic mass is 16.7. The van der Waals surface area contributed by atoms with Crippen molar-refractivity contribution in [1.29, 1.82) is 0 Å². The molecule has 0 radical (unpaired) electrons. The Kier molecular flexibility index (Phi) is 5.59. The maximum atomic E-state index is 13.3. The van der Waals surface area contributed by atoms with Gasteiger partial charge < -0.3 is 19.4 Å². The molecule has 2 aliphatic rings. The number of hydrogen-bond acceptors (Lipinski definition) is 5. The molecule has 1 atom stereocenters. The van der Waals surface area contributed by atoms with Gasteiger partial charge in [-0.2, -0.15) is 0 Å². The summed E-state index contributed by atoms with van der Waals surface area (Å²) in [7, 11) is 0. The molecule has 1 unspecified atom stereocenters. The highest BCUT2D eigenvalue weighted by Gasteiger charge is 2.48. The number of ether oxygens (including phenoxy) is 2. The van der Waals surface area contributed by atoms with Crippen LogP contribution in [0.25, 0.3) is 5.69 Å². The maximum Gasteiger partial charge on any atom is 0.325 e. The molecule has 2 aromatic carbocycles. The predicted molar refractivity (Wildman–Crippen MR) is 129 cm³/mol. The van der Waals surface area contributed by atoms with Gasteiger partial charge in [0.25, 0.3) is 5.91 Å². The number of fused-ring (bicyclic) bond motifs is 1. The molecule has 1 saturated heterocycles. The monoisotopic (exact) mass is 473 g/mol. The third-order valence-electron chi connectivity index (χ3n) is 6.75. The molecule has 2 aliphatic heterocycles. The van der Waals surface area contributed by atoms with Crippen molar-refractivity contribution in [1.82, 2.24) is 14.8 Å². The first-order valence-corrected chi connectivity index (χ1v) is 11.6. The van der Waals surface area contributed by atoms with Crippen molar-refractivity contribution in [3.8, 4) is 17.2 Å². The number of carbonyl (C=O) groups excluding carboxylic acids is 3. The lowest BCUT2D eigenvalue weighted by Crippen LogP contribution is -2.44. The Labute approximate surface area is 203 Å². The number of Topliss-reactive ketones (excluding diaryl/α,β-unsaturated/α-hetero) is 1. The van der Waals surface area contributed by atoms with E-state index in [0.717, 1.165) is 27.5 Å². The minimum absolute atomic E-state index is 0.183. The number of amides is 3. The highest BCUT2D eigenvalue weighted by molar-refractivity contribution is 6.11. The molecule has 0 spiro atoms. The smallest absolute Gasteiger partial charge is 0.325 e. The topological polar surface area (TPSA) is 89.9 Å². The summed E-state index contributed by atoms with van der Waals surface area (Å²) < 4.78 is 12.8. The molecule has 1 aromatic heterocycles. The molecule has 3 aromatic rings. The summed E-state index contributed by atoms with van der Waals surface area (Å²) in [5.41, 5.74) is 2.93. The quantitative estimate of drug-likeness (QED) is 0.415. The summed E-state index contributed by atoms with van der Waals surface area (Å²) in [6.07, 6.45) is 1.09. The van der Waals surface area contributed by atoms with Gasteiger partial charge in [-0.15, -0.1) is 0 Å². The second kappa shape index (κ2) is 8.61. The Hall–Kier alpha value is -4.07. The second-order valence-electron chi connectivity index (χ2n) is 9.22. The van der Waals surface area contributed by atoms with E-state index in [9.17, 15) is 14.4 Å². The van der Waals surface area contributed by atoms with E-state index in [4.69, 9.17) is 9.47 Å². The number of rotatable bonds is 7. The van der Waals surface area contributed by atoms with Crippen LogP contribution in [-0.2, 0) is 11.2 Å². The van der Waals surface area contributed by atoms with E-state index in [2.05, 4.69) is 5.32 Å². The first-order chi connectivity index (χ1) is 16.8. The van der Waals surface area contributed by atoms with Gasteiger partial charge in [0.2, 0.25) is 6.79 Å². The zero-order valence-electron chi connectivity index (χ0n) is 20.0. The molecule has 35 heavy (non-hydrogen) atoms. The normalized spacial score (nSPS) is 18.8. The summed E-state index contributed by atoms with van der Waals surface area (Å²) in [4.78, 5) is 40.1. The Balaban J connectivity index is 1.33. The van der Waals surface area contributed by atoms with Gasteiger partial charge in [0.1, 0.15) is 5.54 Å².